The number of rotatable bonds is 4. The first-order valence-electron chi connectivity index (χ1n) is 5.61. The molecule has 1 aromatic carbocycles. The van der Waals surface area contributed by atoms with E-state index in [1.165, 1.54) is 5.56 Å². The van der Waals surface area contributed by atoms with Crippen molar-refractivity contribution in [1.82, 2.24) is 0 Å². The van der Waals surface area contributed by atoms with Crippen molar-refractivity contribution in [3.8, 4) is 0 Å². The molecule has 0 heterocycles. The van der Waals surface area contributed by atoms with Crippen LogP contribution >= 0.6 is 0 Å². The van der Waals surface area contributed by atoms with Crippen LogP contribution in [0.5, 0.6) is 0 Å². The lowest BCUT2D eigenvalue weighted by Crippen LogP contribution is -2.26. The maximum absolute atomic E-state index is 5.63. The van der Waals surface area contributed by atoms with Crippen LogP contribution in [-0.2, 0) is 11.2 Å². The summed E-state index contributed by atoms with van der Waals surface area (Å²) in [5.41, 5.74) is 1.41. The lowest BCUT2D eigenvalue weighted by Gasteiger charge is -2.25. The predicted molar refractivity (Wildman–Crippen MR) is 62.9 cm³/mol. The zero-order valence-corrected chi connectivity index (χ0v) is 9.28. The topological polar surface area (TPSA) is 9.23 Å². The lowest BCUT2D eigenvalue weighted by molar-refractivity contribution is 0.0254. The van der Waals surface area contributed by atoms with Crippen molar-refractivity contribution >= 4 is 0 Å². The van der Waals surface area contributed by atoms with Crippen molar-refractivity contribution in [3.05, 3.63) is 48.0 Å². The van der Waals surface area contributed by atoms with Gasteiger partial charge >= 0.3 is 0 Å². The molecule has 2 rings (SSSR count). The predicted octanol–water partition coefficient (Wildman–Crippen LogP) is 3.35. The molecular formula is C14H18O. The molecule has 1 nitrogen and oxygen atoms in total. The van der Waals surface area contributed by atoms with Gasteiger partial charge in [-0.05, 0) is 31.2 Å². The first kappa shape index (κ1) is 10.4. The van der Waals surface area contributed by atoms with Gasteiger partial charge in [-0.25, -0.2) is 0 Å². The van der Waals surface area contributed by atoms with Crippen molar-refractivity contribution < 1.29 is 4.74 Å². The van der Waals surface area contributed by atoms with E-state index in [2.05, 4.69) is 42.5 Å². The number of hydrogen-bond acceptors (Lipinski definition) is 1. The number of hydrogen-bond donors (Lipinski definition) is 0. The van der Waals surface area contributed by atoms with Gasteiger partial charge in [-0.1, -0.05) is 42.5 Å². The minimum Gasteiger partial charge on any atom is -0.374 e. The van der Waals surface area contributed by atoms with Crippen LogP contribution in [0, 0.1) is 0 Å². The van der Waals surface area contributed by atoms with Crippen LogP contribution in [0.4, 0.5) is 0 Å². The summed E-state index contributed by atoms with van der Waals surface area (Å²) in [7, 11) is 1.82. The number of aryl methyl sites for hydroxylation is 1. The molecule has 1 heteroatoms. The molecule has 0 amide bonds. The fourth-order valence-electron chi connectivity index (χ4n) is 2.19. The summed E-state index contributed by atoms with van der Waals surface area (Å²) in [4.78, 5) is 0. The summed E-state index contributed by atoms with van der Waals surface area (Å²) >= 11 is 0. The van der Waals surface area contributed by atoms with E-state index in [0.29, 0.717) is 0 Å². The quantitative estimate of drug-likeness (QED) is 0.680. The maximum atomic E-state index is 5.63. The van der Waals surface area contributed by atoms with Gasteiger partial charge in [0.15, 0.2) is 0 Å². The first-order valence-corrected chi connectivity index (χ1v) is 5.61. The molecule has 1 unspecified atom stereocenters. The normalized spacial score (nSPS) is 24.6. The van der Waals surface area contributed by atoms with Gasteiger partial charge in [-0.3, -0.25) is 0 Å². The lowest BCUT2D eigenvalue weighted by atomic mass is 9.94. The van der Waals surface area contributed by atoms with Gasteiger partial charge in [0, 0.05) is 7.11 Å². The molecule has 0 spiro atoms. The summed E-state index contributed by atoms with van der Waals surface area (Å²) in [6, 6.07) is 10.6. The van der Waals surface area contributed by atoms with Gasteiger partial charge in [-0.2, -0.15) is 0 Å². The van der Waals surface area contributed by atoms with Crippen molar-refractivity contribution in [3.63, 3.8) is 0 Å². The van der Waals surface area contributed by atoms with E-state index in [-0.39, 0.29) is 5.60 Å². The third kappa shape index (κ3) is 2.48. The van der Waals surface area contributed by atoms with Crippen molar-refractivity contribution in [2.75, 3.05) is 7.11 Å². The van der Waals surface area contributed by atoms with Gasteiger partial charge < -0.3 is 4.74 Å². The Morgan fingerprint density at radius 2 is 2.07 bits per heavy atom. The second-order valence-electron chi connectivity index (χ2n) is 4.20. The molecule has 15 heavy (non-hydrogen) atoms. The summed E-state index contributed by atoms with van der Waals surface area (Å²) in [5.74, 6) is 0. The third-order valence-corrected chi connectivity index (χ3v) is 3.24. The summed E-state index contributed by atoms with van der Waals surface area (Å²) in [5, 5.41) is 0. The average Bonchev–Trinajstić information content (AvgIpc) is 2.77. The highest BCUT2D eigenvalue weighted by Crippen LogP contribution is 2.30. The van der Waals surface area contributed by atoms with E-state index in [9.17, 15) is 0 Å². The minimum atomic E-state index is 0.00976. The summed E-state index contributed by atoms with van der Waals surface area (Å²) in [6.45, 7) is 0. The number of ether oxygens (including phenoxy) is 1. The Bertz CT molecular complexity index is 328. The summed E-state index contributed by atoms with van der Waals surface area (Å²) in [6.07, 6.45) is 8.94. The smallest absolute Gasteiger partial charge is 0.0864 e. The zero-order valence-electron chi connectivity index (χ0n) is 9.28. The average molecular weight is 202 g/mol. The molecular weight excluding hydrogens is 184 g/mol. The van der Waals surface area contributed by atoms with E-state index in [1.54, 1.807) is 0 Å². The Morgan fingerprint density at radius 1 is 1.27 bits per heavy atom. The molecule has 1 aliphatic carbocycles. The van der Waals surface area contributed by atoms with Gasteiger partial charge in [0.05, 0.1) is 5.60 Å². The van der Waals surface area contributed by atoms with Crippen LogP contribution in [0.25, 0.3) is 0 Å². The van der Waals surface area contributed by atoms with Gasteiger partial charge in [0.1, 0.15) is 0 Å². The maximum Gasteiger partial charge on any atom is 0.0864 e. The van der Waals surface area contributed by atoms with Crippen LogP contribution in [0.3, 0.4) is 0 Å². The SMILES string of the molecule is COC1(CCc2ccccc2)C=CCC1. The molecule has 0 bridgehead atoms. The van der Waals surface area contributed by atoms with Crippen molar-refractivity contribution in [2.24, 2.45) is 0 Å². The van der Waals surface area contributed by atoms with Gasteiger partial charge in [-0.15, -0.1) is 0 Å². The van der Waals surface area contributed by atoms with Crippen LogP contribution < -0.4 is 0 Å². The Kier molecular flexibility index (Phi) is 3.22. The Morgan fingerprint density at radius 3 is 2.67 bits per heavy atom. The Hall–Kier alpha value is -1.08. The van der Waals surface area contributed by atoms with Crippen LogP contribution in [0.2, 0.25) is 0 Å². The highest BCUT2D eigenvalue weighted by atomic mass is 16.5. The third-order valence-electron chi connectivity index (χ3n) is 3.24. The molecule has 1 aromatic rings. The standard InChI is InChI=1S/C14H18O/c1-15-14(10-5-6-11-14)12-9-13-7-3-2-4-8-13/h2-5,7-8,10H,6,9,11-12H2,1H3. The number of methoxy groups -OCH3 is 1. The second-order valence-corrected chi connectivity index (χ2v) is 4.20. The van der Waals surface area contributed by atoms with Crippen molar-refractivity contribution in [1.29, 1.82) is 0 Å². The van der Waals surface area contributed by atoms with E-state index >= 15 is 0 Å². The molecule has 0 fully saturated rings. The Labute approximate surface area is 91.8 Å². The van der Waals surface area contributed by atoms with Gasteiger partial charge in [0.2, 0.25) is 0 Å². The van der Waals surface area contributed by atoms with E-state index in [1.807, 2.05) is 7.11 Å². The highest BCUT2D eigenvalue weighted by Gasteiger charge is 2.28. The molecule has 0 N–H and O–H groups in total. The zero-order chi connectivity index (χ0) is 10.6. The highest BCUT2D eigenvalue weighted by molar-refractivity contribution is 5.17. The molecule has 0 saturated heterocycles. The Balaban J connectivity index is 1.95. The van der Waals surface area contributed by atoms with Crippen molar-refractivity contribution in [2.45, 2.75) is 31.3 Å². The summed E-state index contributed by atoms with van der Waals surface area (Å²) < 4.78 is 5.63. The molecule has 0 radical (unpaired) electrons. The monoisotopic (exact) mass is 202 g/mol. The second kappa shape index (κ2) is 4.63. The molecule has 80 valence electrons. The molecule has 0 aromatic heterocycles. The minimum absolute atomic E-state index is 0.00976. The van der Waals surface area contributed by atoms with E-state index < -0.39 is 0 Å². The molecule has 1 aliphatic rings. The van der Waals surface area contributed by atoms with Crippen LogP contribution in [-0.4, -0.2) is 12.7 Å². The first-order chi connectivity index (χ1) is 7.35. The number of benzene rings is 1. The molecule has 1 atom stereocenters. The van der Waals surface area contributed by atoms with E-state index in [0.717, 1.165) is 25.7 Å². The van der Waals surface area contributed by atoms with Crippen LogP contribution in [0.15, 0.2) is 42.5 Å². The van der Waals surface area contributed by atoms with E-state index in [4.69, 9.17) is 4.74 Å². The number of allylic oxidation sites excluding steroid dienone is 1. The largest absolute Gasteiger partial charge is 0.374 e. The van der Waals surface area contributed by atoms with Crippen LogP contribution in [0.1, 0.15) is 24.8 Å². The fourth-order valence-corrected chi connectivity index (χ4v) is 2.19. The molecule has 0 aliphatic heterocycles. The fraction of sp³-hybridized carbons (Fsp3) is 0.429. The van der Waals surface area contributed by atoms with Gasteiger partial charge in [0.25, 0.3) is 0 Å². The molecule has 0 saturated carbocycles.